The molecule has 0 radical (unpaired) electrons. The van der Waals surface area contributed by atoms with Crippen LogP contribution >= 0.6 is 0 Å². The lowest BCUT2D eigenvalue weighted by molar-refractivity contribution is 0.755. The minimum Gasteiger partial charge on any atom is -0.309 e. The van der Waals surface area contributed by atoms with Crippen molar-refractivity contribution in [2.24, 2.45) is 0 Å². The Morgan fingerprint density at radius 3 is 1.57 bits per heavy atom. The van der Waals surface area contributed by atoms with Gasteiger partial charge in [-0.15, -0.1) is 0 Å². The van der Waals surface area contributed by atoms with Crippen LogP contribution in [-0.4, -0.2) is 19.9 Å². The molecule has 1 aliphatic heterocycles. The van der Waals surface area contributed by atoms with Crippen molar-refractivity contribution >= 4 is 38.7 Å². The largest absolute Gasteiger partial charge is 0.309 e. The van der Waals surface area contributed by atoms with Gasteiger partial charge in [-0.25, -0.2) is 9.97 Å². The van der Waals surface area contributed by atoms with Gasteiger partial charge in [-0.05, 0) is 122 Å². The molecule has 0 amide bonds. The average molecular weight is 892 g/mol. The van der Waals surface area contributed by atoms with E-state index in [-0.39, 0.29) is 0 Å². The van der Waals surface area contributed by atoms with E-state index >= 15 is 0 Å². The molecule has 8 aromatic carbocycles. The summed E-state index contributed by atoms with van der Waals surface area (Å²) in [6, 6.07) is 85.3. The zero-order valence-corrected chi connectivity index (χ0v) is 37.9. The van der Waals surface area contributed by atoms with Gasteiger partial charge in [-0.2, -0.15) is 0 Å². The molecule has 0 fully saturated rings. The molecule has 0 N–H and O–H groups in total. The summed E-state index contributed by atoms with van der Waals surface area (Å²) in [7, 11) is 0. The summed E-state index contributed by atoms with van der Waals surface area (Å²) in [6.45, 7) is 0. The Hall–Kier alpha value is -9.32. The van der Waals surface area contributed by atoms with Crippen LogP contribution in [0.2, 0.25) is 0 Å². The zero-order valence-electron chi connectivity index (χ0n) is 37.9. The first kappa shape index (κ1) is 39.8. The quantitative estimate of drug-likeness (QED) is 0.156. The van der Waals surface area contributed by atoms with Gasteiger partial charge in [-0.1, -0.05) is 170 Å². The minimum absolute atomic E-state index is 0.661. The minimum atomic E-state index is -0.661. The smallest absolute Gasteiger partial charge is 0.0900 e. The third-order valence-electron chi connectivity index (χ3n) is 14.3. The molecule has 0 bridgehead atoms. The molecule has 4 aromatic heterocycles. The predicted molar refractivity (Wildman–Crippen MR) is 285 cm³/mol. The average Bonchev–Trinajstić information content (AvgIpc) is 3.74. The Morgan fingerprint density at radius 2 is 0.900 bits per heavy atom. The first-order chi connectivity index (χ1) is 34.7. The molecule has 5 nitrogen and oxygen atoms in total. The van der Waals surface area contributed by atoms with Crippen LogP contribution in [0.3, 0.4) is 0 Å². The maximum atomic E-state index is 5.44. The van der Waals surface area contributed by atoms with Crippen molar-refractivity contribution in [1.29, 1.82) is 0 Å². The summed E-state index contributed by atoms with van der Waals surface area (Å²) >= 11 is 0. The second-order valence-electron chi connectivity index (χ2n) is 18.1. The van der Waals surface area contributed by atoms with Gasteiger partial charge in [0.1, 0.15) is 0 Å². The van der Waals surface area contributed by atoms with E-state index in [2.05, 4.69) is 215 Å². The molecule has 0 saturated carbocycles. The van der Waals surface area contributed by atoms with E-state index in [0.717, 1.165) is 89.6 Å². The van der Waals surface area contributed by atoms with E-state index in [1.807, 2.05) is 48.8 Å². The molecule has 1 aliphatic carbocycles. The Morgan fingerprint density at radius 1 is 0.329 bits per heavy atom. The number of benzene rings is 8. The molecule has 5 heteroatoms. The van der Waals surface area contributed by atoms with Crippen LogP contribution in [0.15, 0.2) is 249 Å². The molecule has 14 rings (SSSR count). The molecule has 5 heterocycles. The van der Waals surface area contributed by atoms with E-state index in [1.54, 1.807) is 0 Å². The SMILES string of the molecule is c1ccc(-c2nc3ccccc3c3cc4c(cc23)N(c2ccccc2)c2c(-c3ccc(-c5cc(-c6ccccn6)nc(-c6ccccn6)c5)cc3)cccc2C42c3ccccc3-c3ccccc32)cc1. The second-order valence-corrected chi connectivity index (χ2v) is 18.1. The normalized spacial score (nSPS) is 12.9. The van der Waals surface area contributed by atoms with Crippen LogP contribution in [0.5, 0.6) is 0 Å². The summed E-state index contributed by atoms with van der Waals surface area (Å²) in [5, 5.41) is 3.42. The molecular weight excluding hydrogens is 851 g/mol. The highest BCUT2D eigenvalue weighted by Gasteiger charge is 2.52. The summed E-state index contributed by atoms with van der Waals surface area (Å²) < 4.78 is 0. The van der Waals surface area contributed by atoms with E-state index in [4.69, 9.17) is 9.97 Å². The van der Waals surface area contributed by atoms with Crippen LogP contribution in [0.25, 0.3) is 89.1 Å². The van der Waals surface area contributed by atoms with Crippen LogP contribution in [0.4, 0.5) is 17.1 Å². The topological polar surface area (TPSA) is 54.8 Å². The lowest BCUT2D eigenvalue weighted by Crippen LogP contribution is -2.36. The van der Waals surface area contributed by atoms with Crippen molar-refractivity contribution in [2.75, 3.05) is 4.90 Å². The predicted octanol–water partition coefficient (Wildman–Crippen LogP) is 16.1. The third-order valence-corrected chi connectivity index (χ3v) is 14.3. The number of para-hydroxylation sites is 3. The molecule has 326 valence electrons. The Balaban J connectivity index is 1.05. The molecular formula is C65H41N5. The van der Waals surface area contributed by atoms with Gasteiger partial charge in [0.15, 0.2) is 0 Å². The number of nitrogens with zero attached hydrogens (tertiary/aromatic N) is 5. The summed E-state index contributed by atoms with van der Waals surface area (Å²) in [4.78, 5) is 22.4. The molecule has 0 unspecified atom stereocenters. The monoisotopic (exact) mass is 891 g/mol. The van der Waals surface area contributed by atoms with Crippen molar-refractivity contribution in [2.45, 2.75) is 5.41 Å². The molecule has 0 atom stereocenters. The van der Waals surface area contributed by atoms with Crippen LogP contribution in [-0.2, 0) is 5.41 Å². The fraction of sp³-hybridized carbons (Fsp3) is 0.0154. The third kappa shape index (κ3) is 6.05. The summed E-state index contributed by atoms with van der Waals surface area (Å²) in [6.07, 6.45) is 3.63. The fourth-order valence-corrected chi connectivity index (χ4v) is 11.4. The first-order valence-electron chi connectivity index (χ1n) is 23.8. The number of rotatable bonds is 6. The summed E-state index contributed by atoms with van der Waals surface area (Å²) in [5.74, 6) is 0. The van der Waals surface area contributed by atoms with Gasteiger partial charge in [0.05, 0.1) is 50.8 Å². The van der Waals surface area contributed by atoms with E-state index in [1.165, 1.54) is 38.8 Å². The van der Waals surface area contributed by atoms with Gasteiger partial charge >= 0.3 is 0 Å². The van der Waals surface area contributed by atoms with Gasteiger partial charge in [0.2, 0.25) is 0 Å². The van der Waals surface area contributed by atoms with Crippen molar-refractivity contribution in [1.82, 2.24) is 19.9 Å². The van der Waals surface area contributed by atoms with E-state index < -0.39 is 5.41 Å². The highest BCUT2D eigenvalue weighted by Crippen LogP contribution is 2.65. The van der Waals surface area contributed by atoms with Crippen molar-refractivity contribution in [3.05, 3.63) is 271 Å². The van der Waals surface area contributed by atoms with Gasteiger partial charge in [-0.3, -0.25) is 9.97 Å². The second kappa shape index (κ2) is 15.9. The van der Waals surface area contributed by atoms with Gasteiger partial charge < -0.3 is 4.90 Å². The Kier molecular flexibility index (Phi) is 9.04. The van der Waals surface area contributed by atoms with E-state index in [9.17, 15) is 0 Å². The van der Waals surface area contributed by atoms with Crippen molar-refractivity contribution in [3.63, 3.8) is 0 Å². The first-order valence-corrected chi connectivity index (χ1v) is 23.8. The van der Waals surface area contributed by atoms with Crippen LogP contribution in [0, 0.1) is 0 Å². The standard InChI is InChI=1S/C65H41N5/c1-3-18-44(19-4-1)63-52-41-62-56(40-51(52)50-24-9-12-29-57(50)69-63)65(53-26-10-7-22-48(53)49-23-8-11-27-54(49)65)55-28-17-25-47(64(55)70(62)46-20-5-2-6-21-46)43-34-32-42(33-35-43)45-38-60(58-30-13-15-36-66-58)68-61(39-45)59-31-14-16-37-67-59/h1-41H. The van der Waals surface area contributed by atoms with Crippen molar-refractivity contribution < 1.29 is 0 Å². The number of hydrogen-bond acceptors (Lipinski definition) is 5. The number of fused-ring (bicyclic) bond motifs is 12. The molecule has 1 spiro atoms. The van der Waals surface area contributed by atoms with Crippen LogP contribution < -0.4 is 4.90 Å². The number of pyridine rings is 4. The number of hydrogen-bond donors (Lipinski definition) is 0. The molecule has 0 saturated heterocycles. The Bertz CT molecular complexity index is 3880. The number of anilines is 3. The molecule has 2 aliphatic rings. The summed E-state index contributed by atoms with van der Waals surface area (Å²) in [5.41, 5.74) is 20.9. The lowest BCUT2D eigenvalue weighted by Gasteiger charge is -2.46. The van der Waals surface area contributed by atoms with Gasteiger partial charge in [0.25, 0.3) is 0 Å². The van der Waals surface area contributed by atoms with Gasteiger partial charge in [0, 0.05) is 40.0 Å². The fourth-order valence-electron chi connectivity index (χ4n) is 11.4. The maximum absolute atomic E-state index is 5.44. The number of aromatic nitrogens is 4. The zero-order chi connectivity index (χ0) is 46.2. The highest BCUT2D eigenvalue weighted by molar-refractivity contribution is 6.14. The lowest BCUT2D eigenvalue weighted by atomic mass is 9.63. The van der Waals surface area contributed by atoms with E-state index in [0.29, 0.717) is 0 Å². The maximum Gasteiger partial charge on any atom is 0.0900 e. The Labute approximate surface area is 405 Å². The highest BCUT2D eigenvalue weighted by atomic mass is 15.2. The molecule has 70 heavy (non-hydrogen) atoms. The van der Waals surface area contributed by atoms with Crippen LogP contribution in [0.1, 0.15) is 22.3 Å². The molecule has 12 aromatic rings. The van der Waals surface area contributed by atoms with Crippen molar-refractivity contribution in [3.8, 4) is 67.4 Å².